The summed E-state index contributed by atoms with van der Waals surface area (Å²) in [5.41, 5.74) is 0.795. The van der Waals surface area contributed by atoms with Gasteiger partial charge >= 0.3 is 12.0 Å². The molecular formula is C19H29N3O4. The maximum atomic E-state index is 12.1. The van der Waals surface area contributed by atoms with Crippen molar-refractivity contribution >= 4 is 17.9 Å². The maximum absolute atomic E-state index is 12.1. The standard InChI is InChI=1S/C19H29N3O4/c1-12(2)21-18(25)20-11-14-7-9-15(10-8-14)17(24)26-13(3)16(23)22-19(4,5)6/h7-10,12-13H,11H2,1-6H3,(H,22,23)(H2,20,21,25)/t13-/m1/s1. The van der Waals surface area contributed by atoms with Crippen LogP contribution in [0.25, 0.3) is 0 Å². The van der Waals surface area contributed by atoms with Crippen molar-refractivity contribution in [2.45, 2.75) is 65.8 Å². The molecule has 1 atom stereocenters. The molecule has 0 fully saturated rings. The molecule has 1 aromatic rings. The van der Waals surface area contributed by atoms with E-state index in [1.165, 1.54) is 6.92 Å². The van der Waals surface area contributed by atoms with Crippen molar-refractivity contribution in [3.8, 4) is 0 Å². The average Bonchev–Trinajstić information content (AvgIpc) is 2.51. The van der Waals surface area contributed by atoms with Crippen LogP contribution in [0.4, 0.5) is 4.79 Å². The monoisotopic (exact) mass is 363 g/mol. The van der Waals surface area contributed by atoms with E-state index in [1.54, 1.807) is 24.3 Å². The molecule has 0 heterocycles. The number of carbonyl (C=O) groups excluding carboxylic acids is 3. The highest BCUT2D eigenvalue weighted by Crippen LogP contribution is 2.09. The highest BCUT2D eigenvalue weighted by molar-refractivity contribution is 5.92. The van der Waals surface area contributed by atoms with Crippen LogP contribution in [0.1, 0.15) is 57.5 Å². The van der Waals surface area contributed by atoms with E-state index in [1.807, 2.05) is 34.6 Å². The zero-order chi connectivity index (χ0) is 19.9. The molecule has 26 heavy (non-hydrogen) atoms. The Balaban J connectivity index is 2.55. The molecular weight excluding hydrogens is 334 g/mol. The summed E-state index contributed by atoms with van der Waals surface area (Å²) < 4.78 is 5.20. The van der Waals surface area contributed by atoms with Crippen LogP contribution in [0.5, 0.6) is 0 Å². The minimum absolute atomic E-state index is 0.0598. The zero-order valence-corrected chi connectivity index (χ0v) is 16.3. The van der Waals surface area contributed by atoms with Crippen LogP contribution < -0.4 is 16.0 Å². The SMILES string of the molecule is CC(C)NC(=O)NCc1ccc(C(=O)O[C@H](C)C(=O)NC(C)(C)C)cc1. The Hall–Kier alpha value is -2.57. The van der Waals surface area contributed by atoms with Crippen LogP contribution in [0, 0.1) is 0 Å². The van der Waals surface area contributed by atoms with E-state index in [0.29, 0.717) is 12.1 Å². The molecule has 0 saturated heterocycles. The zero-order valence-electron chi connectivity index (χ0n) is 16.3. The average molecular weight is 363 g/mol. The molecule has 0 saturated carbocycles. The van der Waals surface area contributed by atoms with E-state index in [0.717, 1.165) is 5.56 Å². The summed E-state index contributed by atoms with van der Waals surface area (Å²) in [7, 11) is 0. The molecule has 144 valence electrons. The first-order valence-electron chi connectivity index (χ1n) is 8.64. The van der Waals surface area contributed by atoms with Crippen molar-refractivity contribution in [2.75, 3.05) is 0 Å². The Labute approximate surface area is 154 Å². The predicted octanol–water partition coefficient (Wildman–Crippen LogP) is 2.35. The fraction of sp³-hybridized carbons (Fsp3) is 0.526. The highest BCUT2D eigenvalue weighted by atomic mass is 16.5. The van der Waals surface area contributed by atoms with Gasteiger partial charge in [-0.3, -0.25) is 4.79 Å². The molecule has 3 amide bonds. The van der Waals surface area contributed by atoms with Crippen molar-refractivity contribution in [1.82, 2.24) is 16.0 Å². The molecule has 0 aliphatic carbocycles. The first kappa shape index (κ1) is 21.5. The highest BCUT2D eigenvalue weighted by Gasteiger charge is 2.22. The number of hydrogen-bond donors (Lipinski definition) is 3. The predicted molar refractivity (Wildman–Crippen MR) is 99.7 cm³/mol. The van der Waals surface area contributed by atoms with E-state index in [9.17, 15) is 14.4 Å². The molecule has 1 rings (SSSR count). The van der Waals surface area contributed by atoms with E-state index >= 15 is 0 Å². The third kappa shape index (κ3) is 8.00. The molecule has 0 aromatic heterocycles. The lowest BCUT2D eigenvalue weighted by atomic mass is 10.1. The van der Waals surface area contributed by atoms with E-state index in [-0.39, 0.29) is 18.0 Å². The second kappa shape index (κ2) is 9.22. The van der Waals surface area contributed by atoms with Gasteiger partial charge in [0, 0.05) is 18.1 Å². The Morgan fingerprint density at radius 2 is 1.62 bits per heavy atom. The minimum Gasteiger partial charge on any atom is -0.449 e. The quantitative estimate of drug-likeness (QED) is 0.676. The van der Waals surface area contributed by atoms with Crippen LogP contribution in [0.2, 0.25) is 0 Å². The molecule has 3 N–H and O–H groups in total. The summed E-state index contributed by atoms with van der Waals surface area (Å²) in [5.74, 6) is -0.915. The van der Waals surface area contributed by atoms with Gasteiger partial charge in [0.05, 0.1) is 5.56 Å². The van der Waals surface area contributed by atoms with Gasteiger partial charge < -0.3 is 20.7 Å². The number of hydrogen-bond acceptors (Lipinski definition) is 4. The van der Waals surface area contributed by atoms with Crippen LogP contribution in [-0.4, -0.2) is 35.6 Å². The lowest BCUT2D eigenvalue weighted by Gasteiger charge is -2.23. The lowest BCUT2D eigenvalue weighted by Crippen LogP contribution is -2.46. The molecule has 0 aliphatic rings. The van der Waals surface area contributed by atoms with Gasteiger partial charge in [0.1, 0.15) is 0 Å². The molecule has 0 spiro atoms. The summed E-state index contributed by atoms with van der Waals surface area (Å²) >= 11 is 0. The number of nitrogens with one attached hydrogen (secondary N) is 3. The number of esters is 1. The van der Waals surface area contributed by atoms with Gasteiger partial charge in [-0.15, -0.1) is 0 Å². The topological polar surface area (TPSA) is 96.5 Å². The van der Waals surface area contributed by atoms with Gasteiger partial charge in [-0.25, -0.2) is 9.59 Å². The van der Waals surface area contributed by atoms with Crippen LogP contribution in [0.3, 0.4) is 0 Å². The van der Waals surface area contributed by atoms with Gasteiger partial charge in [-0.05, 0) is 59.2 Å². The van der Waals surface area contributed by atoms with E-state index < -0.39 is 17.6 Å². The van der Waals surface area contributed by atoms with Gasteiger partial charge in [0.15, 0.2) is 6.10 Å². The van der Waals surface area contributed by atoms with Gasteiger partial charge in [0.25, 0.3) is 5.91 Å². The molecule has 7 nitrogen and oxygen atoms in total. The second-order valence-corrected chi connectivity index (χ2v) is 7.47. The van der Waals surface area contributed by atoms with E-state index in [4.69, 9.17) is 4.74 Å². The molecule has 0 aliphatic heterocycles. The number of carbonyl (C=O) groups is 3. The largest absolute Gasteiger partial charge is 0.449 e. The van der Waals surface area contributed by atoms with Crippen LogP contribution in [0.15, 0.2) is 24.3 Å². The smallest absolute Gasteiger partial charge is 0.338 e. The van der Waals surface area contributed by atoms with Gasteiger partial charge in [-0.1, -0.05) is 12.1 Å². The summed E-state index contributed by atoms with van der Waals surface area (Å²) in [6.45, 7) is 11.2. The molecule has 7 heteroatoms. The van der Waals surface area contributed by atoms with Gasteiger partial charge in [-0.2, -0.15) is 0 Å². The summed E-state index contributed by atoms with van der Waals surface area (Å²) in [6.07, 6.45) is -0.886. The lowest BCUT2D eigenvalue weighted by molar-refractivity contribution is -0.130. The van der Waals surface area contributed by atoms with Gasteiger partial charge in [0.2, 0.25) is 0 Å². The fourth-order valence-corrected chi connectivity index (χ4v) is 2.01. The first-order valence-corrected chi connectivity index (χ1v) is 8.64. The molecule has 0 unspecified atom stereocenters. The number of rotatable bonds is 6. The Morgan fingerprint density at radius 3 is 2.12 bits per heavy atom. The van der Waals surface area contributed by atoms with Crippen molar-refractivity contribution in [1.29, 1.82) is 0 Å². The number of amides is 3. The van der Waals surface area contributed by atoms with Crippen LogP contribution in [-0.2, 0) is 16.1 Å². The third-order valence-corrected chi connectivity index (χ3v) is 3.21. The van der Waals surface area contributed by atoms with Crippen LogP contribution >= 0.6 is 0 Å². The second-order valence-electron chi connectivity index (χ2n) is 7.47. The molecule has 0 bridgehead atoms. The third-order valence-electron chi connectivity index (χ3n) is 3.21. The molecule has 0 radical (unpaired) electrons. The summed E-state index contributed by atoms with van der Waals surface area (Å²) in [4.78, 5) is 35.7. The summed E-state index contributed by atoms with van der Waals surface area (Å²) in [6, 6.07) is 6.48. The maximum Gasteiger partial charge on any atom is 0.338 e. The molecule has 1 aromatic carbocycles. The number of ether oxygens (including phenoxy) is 1. The minimum atomic E-state index is -0.886. The Kier molecular flexibility index (Phi) is 7.61. The number of urea groups is 1. The Morgan fingerprint density at radius 1 is 1.04 bits per heavy atom. The normalized spacial score (nSPS) is 12.3. The summed E-state index contributed by atoms with van der Waals surface area (Å²) in [5, 5.41) is 8.22. The number of benzene rings is 1. The van der Waals surface area contributed by atoms with Crippen molar-refractivity contribution in [2.24, 2.45) is 0 Å². The first-order chi connectivity index (χ1) is 12.0. The van der Waals surface area contributed by atoms with Crippen molar-refractivity contribution < 1.29 is 19.1 Å². The van der Waals surface area contributed by atoms with Crippen molar-refractivity contribution in [3.63, 3.8) is 0 Å². The van der Waals surface area contributed by atoms with E-state index in [2.05, 4.69) is 16.0 Å². The van der Waals surface area contributed by atoms with Crippen molar-refractivity contribution in [3.05, 3.63) is 35.4 Å². The Bertz CT molecular complexity index is 633. The fourth-order valence-electron chi connectivity index (χ4n) is 2.01.